The number of aryl methyl sites for hydroxylation is 1. The second-order valence-electron chi connectivity index (χ2n) is 6.66. The lowest BCUT2D eigenvalue weighted by Gasteiger charge is -2.08. The number of non-ortho nitro benzene ring substituents is 1. The van der Waals surface area contributed by atoms with Gasteiger partial charge in [-0.3, -0.25) is 19.6 Å². The molecular weight excluding hydrogens is 388 g/mol. The molecule has 0 fully saturated rings. The Labute approximate surface area is 172 Å². The number of rotatable bonds is 6. The summed E-state index contributed by atoms with van der Waals surface area (Å²) in [7, 11) is 1.17. The van der Waals surface area contributed by atoms with E-state index in [1.54, 1.807) is 18.5 Å². The summed E-state index contributed by atoms with van der Waals surface area (Å²) in [5.74, 6) is -1.21. The van der Waals surface area contributed by atoms with E-state index in [-0.39, 0.29) is 16.9 Å². The maximum absolute atomic E-state index is 12.9. The van der Waals surface area contributed by atoms with Gasteiger partial charge in [-0.15, -0.1) is 0 Å². The molecule has 0 spiro atoms. The van der Waals surface area contributed by atoms with Gasteiger partial charge in [-0.05, 0) is 25.5 Å². The van der Waals surface area contributed by atoms with Gasteiger partial charge in [0.15, 0.2) is 0 Å². The second-order valence-corrected chi connectivity index (χ2v) is 6.66. The molecule has 0 bridgehead atoms. The molecule has 30 heavy (non-hydrogen) atoms. The molecule has 9 nitrogen and oxygen atoms in total. The van der Waals surface area contributed by atoms with Crippen LogP contribution in [0.25, 0.3) is 0 Å². The maximum atomic E-state index is 12.9. The Bertz CT molecular complexity index is 1120. The number of carbonyl (C=O) groups is 2. The molecule has 2 aromatic carbocycles. The predicted octanol–water partition coefficient (Wildman–Crippen LogP) is 3.50. The third kappa shape index (κ3) is 4.35. The van der Waals surface area contributed by atoms with E-state index in [9.17, 15) is 19.7 Å². The normalized spacial score (nSPS) is 10.5. The van der Waals surface area contributed by atoms with Crippen LogP contribution < -0.4 is 5.32 Å². The fraction of sp³-hybridized carbons (Fsp3) is 0.190. The quantitative estimate of drug-likeness (QED) is 0.379. The molecule has 0 aliphatic heterocycles. The van der Waals surface area contributed by atoms with Crippen molar-refractivity contribution in [2.45, 2.75) is 20.4 Å². The minimum Gasteiger partial charge on any atom is -0.465 e. The van der Waals surface area contributed by atoms with E-state index in [0.29, 0.717) is 23.5 Å². The van der Waals surface area contributed by atoms with Crippen molar-refractivity contribution in [2.75, 3.05) is 12.4 Å². The number of carbonyl (C=O) groups excluding carboxylic acids is 2. The van der Waals surface area contributed by atoms with Gasteiger partial charge in [0.05, 0.1) is 35.4 Å². The monoisotopic (exact) mass is 408 g/mol. The fourth-order valence-electron chi connectivity index (χ4n) is 3.15. The summed E-state index contributed by atoms with van der Waals surface area (Å²) in [6.07, 6.45) is 0. The summed E-state index contributed by atoms with van der Waals surface area (Å²) >= 11 is 0. The van der Waals surface area contributed by atoms with Gasteiger partial charge in [0.1, 0.15) is 0 Å². The van der Waals surface area contributed by atoms with E-state index in [0.717, 1.165) is 11.6 Å². The highest BCUT2D eigenvalue weighted by Crippen LogP contribution is 2.23. The molecular formula is C21H20N4O5. The van der Waals surface area contributed by atoms with E-state index in [2.05, 4.69) is 15.2 Å². The lowest BCUT2D eigenvalue weighted by molar-refractivity contribution is -0.384. The molecule has 3 rings (SSSR count). The standard InChI is InChI=1S/C21H20N4O5/c1-13-19(14(2)24(23-13)12-15-7-5-4-6-8-15)20(26)22-17-9-16(21(27)30-3)10-18(11-17)25(28)29/h4-11H,12H2,1-3H3,(H,22,26). The first kappa shape index (κ1) is 20.7. The highest BCUT2D eigenvalue weighted by molar-refractivity contribution is 6.06. The summed E-state index contributed by atoms with van der Waals surface area (Å²) < 4.78 is 6.36. The summed E-state index contributed by atoms with van der Waals surface area (Å²) in [5, 5.41) is 18.3. The van der Waals surface area contributed by atoms with Gasteiger partial charge in [-0.2, -0.15) is 5.10 Å². The molecule has 0 saturated heterocycles. The predicted molar refractivity (Wildman–Crippen MR) is 110 cm³/mol. The Morgan fingerprint density at radius 3 is 2.50 bits per heavy atom. The SMILES string of the molecule is COC(=O)c1cc(NC(=O)c2c(C)nn(Cc3ccccc3)c2C)cc([N+](=O)[O-])c1. The zero-order valence-electron chi connectivity index (χ0n) is 16.7. The summed E-state index contributed by atoms with van der Waals surface area (Å²) in [6, 6.07) is 13.3. The first-order valence-electron chi connectivity index (χ1n) is 9.07. The molecule has 1 heterocycles. The number of nitro benzene ring substituents is 1. The van der Waals surface area contributed by atoms with Crippen LogP contribution in [0.5, 0.6) is 0 Å². The maximum Gasteiger partial charge on any atom is 0.338 e. The number of hydrogen-bond acceptors (Lipinski definition) is 6. The highest BCUT2D eigenvalue weighted by atomic mass is 16.6. The smallest absolute Gasteiger partial charge is 0.338 e. The van der Waals surface area contributed by atoms with E-state index < -0.39 is 16.8 Å². The van der Waals surface area contributed by atoms with Gasteiger partial charge in [0.2, 0.25) is 0 Å². The second kappa shape index (κ2) is 8.56. The van der Waals surface area contributed by atoms with Crippen molar-refractivity contribution in [3.05, 3.63) is 86.7 Å². The van der Waals surface area contributed by atoms with Crippen LogP contribution in [0.1, 0.15) is 37.7 Å². The molecule has 0 aliphatic rings. The minimum atomic E-state index is -0.739. The van der Waals surface area contributed by atoms with Crippen LogP contribution in [-0.4, -0.2) is 33.7 Å². The topological polar surface area (TPSA) is 116 Å². The number of nitrogens with zero attached hydrogens (tertiary/aromatic N) is 3. The molecule has 0 atom stereocenters. The van der Waals surface area contributed by atoms with E-state index in [1.165, 1.54) is 19.2 Å². The molecule has 154 valence electrons. The first-order chi connectivity index (χ1) is 14.3. The number of nitrogens with one attached hydrogen (secondary N) is 1. The van der Waals surface area contributed by atoms with Crippen LogP contribution in [-0.2, 0) is 11.3 Å². The number of esters is 1. The van der Waals surface area contributed by atoms with E-state index >= 15 is 0 Å². The Morgan fingerprint density at radius 1 is 1.17 bits per heavy atom. The lowest BCUT2D eigenvalue weighted by atomic mass is 10.1. The number of aromatic nitrogens is 2. The summed E-state index contributed by atoms with van der Waals surface area (Å²) in [4.78, 5) is 35.3. The number of benzene rings is 2. The molecule has 1 N–H and O–H groups in total. The Kier molecular flexibility index (Phi) is 5.91. The molecule has 9 heteroatoms. The van der Waals surface area contributed by atoms with Crippen molar-refractivity contribution in [2.24, 2.45) is 0 Å². The van der Waals surface area contributed by atoms with E-state index in [4.69, 9.17) is 0 Å². The van der Waals surface area contributed by atoms with Crippen molar-refractivity contribution >= 4 is 23.3 Å². The van der Waals surface area contributed by atoms with Crippen molar-refractivity contribution in [1.29, 1.82) is 0 Å². The zero-order valence-corrected chi connectivity index (χ0v) is 16.7. The van der Waals surface area contributed by atoms with Gasteiger partial charge in [-0.1, -0.05) is 30.3 Å². The van der Waals surface area contributed by atoms with Gasteiger partial charge in [0.25, 0.3) is 11.6 Å². The van der Waals surface area contributed by atoms with Crippen molar-refractivity contribution in [3.8, 4) is 0 Å². The van der Waals surface area contributed by atoms with Crippen molar-refractivity contribution in [1.82, 2.24) is 9.78 Å². The third-order valence-corrected chi connectivity index (χ3v) is 4.59. The van der Waals surface area contributed by atoms with Crippen LogP contribution in [0, 0.1) is 24.0 Å². The molecule has 3 aromatic rings. The molecule has 1 amide bonds. The third-order valence-electron chi connectivity index (χ3n) is 4.59. The van der Waals surface area contributed by atoms with Gasteiger partial charge in [-0.25, -0.2) is 4.79 Å². The molecule has 0 unspecified atom stereocenters. The zero-order chi connectivity index (χ0) is 21.8. The minimum absolute atomic E-state index is 0.0322. The van der Waals surface area contributed by atoms with Crippen molar-refractivity contribution < 1.29 is 19.2 Å². The molecule has 0 aliphatic carbocycles. The summed E-state index contributed by atoms with van der Waals surface area (Å²) in [6.45, 7) is 4.01. The number of anilines is 1. The highest BCUT2D eigenvalue weighted by Gasteiger charge is 2.21. The van der Waals surface area contributed by atoms with Gasteiger partial charge in [0, 0.05) is 23.5 Å². The summed E-state index contributed by atoms with van der Waals surface area (Å²) in [5.41, 5.74) is 2.35. The Hall–Kier alpha value is -4.01. The Morgan fingerprint density at radius 2 is 1.87 bits per heavy atom. The lowest BCUT2D eigenvalue weighted by Crippen LogP contribution is -2.15. The van der Waals surface area contributed by atoms with E-state index in [1.807, 2.05) is 30.3 Å². The number of nitro groups is 1. The van der Waals surface area contributed by atoms with Crippen LogP contribution in [0.15, 0.2) is 48.5 Å². The number of hydrogen-bond donors (Lipinski definition) is 1. The molecule has 0 saturated carbocycles. The fourth-order valence-corrected chi connectivity index (χ4v) is 3.15. The number of ether oxygens (including phenoxy) is 1. The first-order valence-corrected chi connectivity index (χ1v) is 9.07. The van der Waals surface area contributed by atoms with Crippen LogP contribution in [0.4, 0.5) is 11.4 Å². The number of amides is 1. The van der Waals surface area contributed by atoms with Crippen LogP contribution in [0.3, 0.4) is 0 Å². The molecule has 0 radical (unpaired) electrons. The largest absolute Gasteiger partial charge is 0.465 e. The van der Waals surface area contributed by atoms with Crippen LogP contribution in [0.2, 0.25) is 0 Å². The van der Waals surface area contributed by atoms with Gasteiger partial charge < -0.3 is 10.1 Å². The number of methoxy groups -OCH3 is 1. The average Bonchev–Trinajstić information content (AvgIpc) is 3.00. The van der Waals surface area contributed by atoms with Gasteiger partial charge >= 0.3 is 5.97 Å². The van der Waals surface area contributed by atoms with Crippen molar-refractivity contribution in [3.63, 3.8) is 0 Å². The molecule has 1 aromatic heterocycles. The van der Waals surface area contributed by atoms with Crippen LogP contribution >= 0.6 is 0 Å². The Balaban J connectivity index is 1.90. The average molecular weight is 408 g/mol.